The third-order valence-electron chi connectivity index (χ3n) is 1.97. The molecule has 0 spiro atoms. The maximum Gasteiger partial charge on any atom is 0.265 e. The van der Waals surface area contributed by atoms with Crippen molar-refractivity contribution >= 4 is 15.9 Å². The first-order valence-corrected chi connectivity index (χ1v) is 6.54. The van der Waals surface area contributed by atoms with Crippen LogP contribution >= 0.6 is 0 Å². The van der Waals surface area contributed by atoms with Crippen LogP contribution in [0.1, 0.15) is 13.8 Å². The summed E-state index contributed by atoms with van der Waals surface area (Å²) < 4.78 is 30.4. The first-order chi connectivity index (χ1) is 7.97. The van der Waals surface area contributed by atoms with Gasteiger partial charge in [0.25, 0.3) is 15.9 Å². The van der Waals surface area contributed by atoms with E-state index in [0.29, 0.717) is 6.61 Å². The van der Waals surface area contributed by atoms with Crippen LogP contribution in [0.5, 0.6) is 0 Å². The van der Waals surface area contributed by atoms with Gasteiger partial charge in [-0.05, 0) is 26.0 Å². The van der Waals surface area contributed by atoms with Gasteiger partial charge in [0.05, 0.1) is 0 Å². The molecule has 0 aliphatic rings. The van der Waals surface area contributed by atoms with E-state index >= 15 is 0 Å². The monoisotopic (exact) mass is 258 g/mol. The number of nitrogens with zero attached hydrogens (tertiary/aromatic N) is 1. The molecule has 0 aliphatic carbocycles. The zero-order valence-corrected chi connectivity index (χ0v) is 10.4. The quantitative estimate of drug-likeness (QED) is 0.821. The minimum absolute atomic E-state index is 0.0583. The van der Waals surface area contributed by atoms with Crippen molar-refractivity contribution in [3.8, 4) is 0 Å². The highest BCUT2D eigenvalue weighted by Crippen LogP contribution is 2.05. The molecule has 1 atom stereocenters. The molecular weight excluding hydrogens is 244 g/mol. The van der Waals surface area contributed by atoms with Crippen LogP contribution in [-0.2, 0) is 19.6 Å². The smallest absolute Gasteiger partial charge is 0.265 e. The molecule has 0 saturated carbocycles. The molecule has 0 aromatic carbocycles. The molecular formula is C10H14N2O4S. The average Bonchev–Trinajstić information content (AvgIpc) is 2.30. The molecule has 0 aliphatic heterocycles. The maximum atomic E-state index is 11.7. The second kappa shape index (κ2) is 5.74. The summed E-state index contributed by atoms with van der Waals surface area (Å²) in [6.07, 6.45) is 1.80. The molecule has 0 unspecified atom stereocenters. The second-order valence-corrected chi connectivity index (χ2v) is 4.94. The number of rotatable bonds is 5. The topological polar surface area (TPSA) is 85.4 Å². The van der Waals surface area contributed by atoms with Crippen molar-refractivity contribution < 1.29 is 17.9 Å². The molecule has 0 radical (unpaired) electrons. The highest BCUT2D eigenvalue weighted by atomic mass is 32.2. The first-order valence-electron chi connectivity index (χ1n) is 5.05. The molecule has 1 aromatic heterocycles. The van der Waals surface area contributed by atoms with Gasteiger partial charge in [-0.3, -0.25) is 9.78 Å². The number of amides is 1. The molecule has 1 rings (SSSR count). The lowest BCUT2D eigenvalue weighted by Gasteiger charge is -2.12. The van der Waals surface area contributed by atoms with E-state index in [2.05, 4.69) is 4.98 Å². The van der Waals surface area contributed by atoms with E-state index in [1.165, 1.54) is 31.5 Å². The normalized spacial score (nSPS) is 13.1. The van der Waals surface area contributed by atoms with Gasteiger partial charge in [0.2, 0.25) is 0 Å². The van der Waals surface area contributed by atoms with Crippen molar-refractivity contribution in [2.24, 2.45) is 0 Å². The Balaban J connectivity index is 2.78. The number of hydrogen-bond donors (Lipinski definition) is 1. The Kier molecular flexibility index (Phi) is 4.59. The fourth-order valence-electron chi connectivity index (χ4n) is 1.11. The highest BCUT2D eigenvalue weighted by Gasteiger charge is 2.21. The van der Waals surface area contributed by atoms with Crippen LogP contribution in [0, 0.1) is 0 Å². The average molecular weight is 258 g/mol. The number of nitrogens with one attached hydrogen (secondary N) is 1. The standard InChI is InChI=1S/C10H14N2O4S/c1-3-16-8(2)10(13)12-17(14,15)9-5-4-6-11-7-9/h4-8H,3H2,1-2H3,(H,12,13)/t8-/m0/s1. The van der Waals surface area contributed by atoms with Crippen LogP contribution in [0.2, 0.25) is 0 Å². The van der Waals surface area contributed by atoms with Crippen LogP contribution in [0.15, 0.2) is 29.4 Å². The number of aromatic nitrogens is 1. The van der Waals surface area contributed by atoms with Gasteiger partial charge >= 0.3 is 0 Å². The zero-order valence-electron chi connectivity index (χ0n) is 9.58. The predicted octanol–water partition coefficient (Wildman–Crippen LogP) is 0.311. The lowest BCUT2D eigenvalue weighted by molar-refractivity contribution is -0.129. The Labute approximate surface area is 100 Å². The van der Waals surface area contributed by atoms with Crippen LogP contribution in [0.4, 0.5) is 0 Å². The van der Waals surface area contributed by atoms with Crippen LogP contribution in [0.25, 0.3) is 0 Å². The lowest BCUT2D eigenvalue weighted by atomic mass is 10.4. The Morgan fingerprint density at radius 3 is 2.82 bits per heavy atom. The van der Waals surface area contributed by atoms with Crippen LogP contribution in [0.3, 0.4) is 0 Å². The van der Waals surface area contributed by atoms with Gasteiger partial charge in [-0.1, -0.05) is 0 Å². The van der Waals surface area contributed by atoms with Crippen molar-refractivity contribution in [1.29, 1.82) is 0 Å². The van der Waals surface area contributed by atoms with Gasteiger partial charge in [0, 0.05) is 19.0 Å². The van der Waals surface area contributed by atoms with Crippen molar-refractivity contribution in [1.82, 2.24) is 9.71 Å². The summed E-state index contributed by atoms with van der Waals surface area (Å²) in [4.78, 5) is 15.1. The molecule has 0 fully saturated rings. The molecule has 1 aromatic rings. The van der Waals surface area contributed by atoms with Gasteiger partial charge in [0.1, 0.15) is 11.0 Å². The highest BCUT2D eigenvalue weighted by molar-refractivity contribution is 7.90. The summed E-state index contributed by atoms with van der Waals surface area (Å²) >= 11 is 0. The summed E-state index contributed by atoms with van der Waals surface area (Å²) in [6, 6.07) is 2.83. The Bertz CT molecular complexity index is 472. The largest absolute Gasteiger partial charge is 0.369 e. The molecule has 94 valence electrons. The fourth-order valence-corrected chi connectivity index (χ4v) is 2.11. The SMILES string of the molecule is CCO[C@@H](C)C(=O)NS(=O)(=O)c1cccnc1. The minimum atomic E-state index is -3.86. The molecule has 1 amide bonds. The lowest BCUT2D eigenvalue weighted by Crippen LogP contribution is -2.38. The summed E-state index contributed by atoms with van der Waals surface area (Å²) in [6.45, 7) is 3.54. The van der Waals surface area contributed by atoms with E-state index in [4.69, 9.17) is 4.74 Å². The number of pyridine rings is 1. The fraction of sp³-hybridized carbons (Fsp3) is 0.400. The number of carbonyl (C=O) groups excluding carboxylic acids is 1. The zero-order chi connectivity index (χ0) is 12.9. The minimum Gasteiger partial charge on any atom is -0.369 e. The predicted molar refractivity (Wildman–Crippen MR) is 60.7 cm³/mol. The van der Waals surface area contributed by atoms with E-state index in [9.17, 15) is 13.2 Å². The Hall–Kier alpha value is -1.47. The van der Waals surface area contributed by atoms with Crippen LogP contribution < -0.4 is 4.72 Å². The molecule has 1 N–H and O–H groups in total. The molecule has 0 saturated heterocycles. The summed E-state index contributed by atoms with van der Waals surface area (Å²) in [5.74, 6) is -0.698. The number of sulfonamides is 1. The van der Waals surface area contributed by atoms with E-state index in [-0.39, 0.29) is 4.90 Å². The van der Waals surface area contributed by atoms with Crippen molar-refractivity contribution in [3.05, 3.63) is 24.5 Å². The second-order valence-electron chi connectivity index (χ2n) is 3.26. The van der Waals surface area contributed by atoms with Gasteiger partial charge in [0.15, 0.2) is 0 Å². The summed E-state index contributed by atoms with van der Waals surface area (Å²) in [5.41, 5.74) is 0. The molecule has 6 nitrogen and oxygen atoms in total. The number of carbonyl (C=O) groups is 1. The van der Waals surface area contributed by atoms with Gasteiger partial charge in [-0.2, -0.15) is 0 Å². The molecule has 7 heteroatoms. The number of ether oxygens (including phenoxy) is 1. The molecule has 17 heavy (non-hydrogen) atoms. The Morgan fingerprint density at radius 1 is 1.59 bits per heavy atom. The van der Waals surface area contributed by atoms with E-state index < -0.39 is 22.0 Å². The van der Waals surface area contributed by atoms with Crippen LogP contribution in [-0.4, -0.2) is 32.0 Å². The third-order valence-corrected chi connectivity index (χ3v) is 3.30. The first kappa shape index (κ1) is 13.6. The van der Waals surface area contributed by atoms with Gasteiger partial charge in [-0.25, -0.2) is 13.1 Å². The molecule has 0 bridgehead atoms. The third kappa shape index (κ3) is 3.79. The van der Waals surface area contributed by atoms with Crippen molar-refractivity contribution in [3.63, 3.8) is 0 Å². The van der Waals surface area contributed by atoms with E-state index in [1.807, 2.05) is 4.72 Å². The van der Waals surface area contributed by atoms with Crippen molar-refractivity contribution in [2.75, 3.05) is 6.61 Å². The van der Waals surface area contributed by atoms with Gasteiger partial charge < -0.3 is 4.74 Å². The summed E-state index contributed by atoms with van der Waals surface area (Å²) in [7, 11) is -3.86. The van der Waals surface area contributed by atoms with E-state index in [0.717, 1.165) is 0 Å². The molecule has 1 heterocycles. The van der Waals surface area contributed by atoms with Gasteiger partial charge in [-0.15, -0.1) is 0 Å². The number of hydrogen-bond acceptors (Lipinski definition) is 5. The summed E-state index contributed by atoms with van der Waals surface area (Å²) in [5, 5.41) is 0. The Morgan fingerprint density at radius 2 is 2.29 bits per heavy atom. The van der Waals surface area contributed by atoms with E-state index in [1.54, 1.807) is 6.92 Å². The maximum absolute atomic E-state index is 11.7. The van der Waals surface area contributed by atoms with Crippen molar-refractivity contribution in [2.45, 2.75) is 24.8 Å².